The van der Waals surface area contributed by atoms with Crippen LogP contribution in [0.1, 0.15) is 16.1 Å². The van der Waals surface area contributed by atoms with E-state index in [1.807, 2.05) is 0 Å². The van der Waals surface area contributed by atoms with Crippen molar-refractivity contribution in [1.29, 1.82) is 0 Å². The number of carbonyl (C=O) groups excluding carboxylic acids is 1. The zero-order valence-corrected chi connectivity index (χ0v) is 13.9. The van der Waals surface area contributed by atoms with E-state index < -0.39 is 17.6 Å². The lowest BCUT2D eigenvalue weighted by molar-refractivity contribution is -0.136. The summed E-state index contributed by atoms with van der Waals surface area (Å²) in [5.74, 6) is -0.761. The Labute approximate surface area is 147 Å². The predicted molar refractivity (Wildman–Crippen MR) is 89.0 cm³/mol. The van der Waals surface area contributed by atoms with Gasteiger partial charge in [-0.15, -0.1) is 0 Å². The van der Waals surface area contributed by atoms with Gasteiger partial charge in [-0.1, -0.05) is 11.6 Å². The Hall–Kier alpha value is -2.32. The Bertz CT molecular complexity index is 754. The molecule has 0 bridgehead atoms. The first-order chi connectivity index (χ1) is 11.8. The quantitative estimate of drug-likeness (QED) is 0.749. The molecule has 0 saturated heterocycles. The molecular formula is C16H15ClF3N3O2. The smallest absolute Gasteiger partial charge is 0.383 e. The van der Waals surface area contributed by atoms with Crippen LogP contribution in [0, 0.1) is 0 Å². The van der Waals surface area contributed by atoms with E-state index in [0.29, 0.717) is 18.8 Å². The van der Waals surface area contributed by atoms with E-state index in [2.05, 4.69) is 15.6 Å². The fraction of sp³-hybridized carbons (Fsp3) is 0.250. The van der Waals surface area contributed by atoms with E-state index in [-0.39, 0.29) is 16.4 Å². The first kappa shape index (κ1) is 19.0. The number of aromatic nitrogens is 1. The molecule has 25 heavy (non-hydrogen) atoms. The number of halogens is 4. The highest BCUT2D eigenvalue weighted by Crippen LogP contribution is 2.36. The minimum Gasteiger partial charge on any atom is -0.383 e. The second-order valence-corrected chi connectivity index (χ2v) is 5.43. The van der Waals surface area contributed by atoms with Crippen molar-refractivity contribution in [3.8, 4) is 0 Å². The maximum atomic E-state index is 13.1. The summed E-state index contributed by atoms with van der Waals surface area (Å²) < 4.78 is 44.1. The number of hydrogen-bond donors (Lipinski definition) is 2. The van der Waals surface area contributed by atoms with Crippen molar-refractivity contribution in [1.82, 2.24) is 4.98 Å². The summed E-state index contributed by atoms with van der Waals surface area (Å²) in [5.41, 5.74) is -0.834. The SMILES string of the molecule is COCCNc1ccnc(C(=O)Nc2ccc(Cl)cc2C(F)(F)F)c1. The molecule has 0 saturated carbocycles. The summed E-state index contributed by atoms with van der Waals surface area (Å²) in [7, 11) is 1.55. The van der Waals surface area contributed by atoms with Crippen molar-refractivity contribution in [3.63, 3.8) is 0 Å². The fourth-order valence-corrected chi connectivity index (χ4v) is 2.18. The molecule has 2 aromatic rings. The molecular weight excluding hydrogens is 359 g/mol. The van der Waals surface area contributed by atoms with Gasteiger partial charge in [-0.2, -0.15) is 13.2 Å². The molecule has 1 aromatic carbocycles. The van der Waals surface area contributed by atoms with Gasteiger partial charge >= 0.3 is 6.18 Å². The number of ether oxygens (including phenoxy) is 1. The second kappa shape index (κ2) is 8.17. The Morgan fingerprint density at radius 2 is 2.04 bits per heavy atom. The highest BCUT2D eigenvalue weighted by atomic mass is 35.5. The molecule has 1 heterocycles. The van der Waals surface area contributed by atoms with Crippen LogP contribution in [-0.4, -0.2) is 31.2 Å². The minimum absolute atomic E-state index is 0.0227. The maximum Gasteiger partial charge on any atom is 0.418 e. The standard InChI is InChI=1S/C16H15ClF3N3O2/c1-25-7-6-21-11-4-5-22-14(9-11)15(24)23-13-3-2-10(17)8-12(13)16(18,19)20/h2-5,8-9H,6-7H2,1H3,(H,21,22)(H,23,24). The third-order valence-corrected chi connectivity index (χ3v) is 3.40. The van der Waals surface area contributed by atoms with Crippen LogP contribution in [0.3, 0.4) is 0 Å². The number of methoxy groups -OCH3 is 1. The van der Waals surface area contributed by atoms with Crippen molar-refractivity contribution >= 4 is 28.9 Å². The zero-order valence-electron chi connectivity index (χ0n) is 13.2. The van der Waals surface area contributed by atoms with Crippen molar-refractivity contribution in [2.24, 2.45) is 0 Å². The Balaban J connectivity index is 2.19. The topological polar surface area (TPSA) is 63.2 Å². The van der Waals surface area contributed by atoms with E-state index >= 15 is 0 Å². The van der Waals surface area contributed by atoms with E-state index in [0.717, 1.165) is 12.1 Å². The molecule has 134 valence electrons. The highest BCUT2D eigenvalue weighted by Gasteiger charge is 2.34. The fourth-order valence-electron chi connectivity index (χ4n) is 2.01. The normalized spacial score (nSPS) is 11.2. The van der Waals surface area contributed by atoms with Gasteiger partial charge in [-0.3, -0.25) is 9.78 Å². The van der Waals surface area contributed by atoms with Gasteiger partial charge in [0.2, 0.25) is 0 Å². The Kier molecular flexibility index (Phi) is 6.22. The lowest BCUT2D eigenvalue weighted by Gasteiger charge is -2.14. The average Bonchev–Trinajstić information content (AvgIpc) is 2.56. The van der Waals surface area contributed by atoms with Gasteiger partial charge in [0.05, 0.1) is 17.9 Å². The van der Waals surface area contributed by atoms with E-state index in [9.17, 15) is 18.0 Å². The first-order valence-corrected chi connectivity index (χ1v) is 7.56. The number of carbonyl (C=O) groups is 1. The minimum atomic E-state index is -4.65. The number of benzene rings is 1. The van der Waals surface area contributed by atoms with Crippen LogP contribution in [0.25, 0.3) is 0 Å². The lowest BCUT2D eigenvalue weighted by atomic mass is 10.1. The summed E-state index contributed by atoms with van der Waals surface area (Å²) in [5, 5.41) is 5.15. The van der Waals surface area contributed by atoms with E-state index in [1.165, 1.54) is 18.3 Å². The number of amides is 1. The molecule has 1 aromatic heterocycles. The Morgan fingerprint density at radius 1 is 1.28 bits per heavy atom. The number of alkyl halides is 3. The number of hydrogen-bond acceptors (Lipinski definition) is 4. The van der Waals surface area contributed by atoms with Crippen LogP contribution in [0.4, 0.5) is 24.5 Å². The summed E-state index contributed by atoms with van der Waals surface area (Å²) in [6, 6.07) is 6.20. The predicted octanol–water partition coefficient (Wildman–Crippen LogP) is 4.06. The van der Waals surface area contributed by atoms with Gasteiger partial charge in [0.25, 0.3) is 5.91 Å². The molecule has 0 radical (unpaired) electrons. The molecule has 0 aliphatic heterocycles. The summed E-state index contributed by atoms with van der Waals surface area (Å²) in [6.45, 7) is 0.973. The summed E-state index contributed by atoms with van der Waals surface area (Å²) in [6.07, 6.45) is -3.26. The maximum absolute atomic E-state index is 13.1. The van der Waals surface area contributed by atoms with Crippen LogP contribution in [0.2, 0.25) is 5.02 Å². The van der Waals surface area contributed by atoms with Crippen LogP contribution < -0.4 is 10.6 Å². The molecule has 0 fully saturated rings. The lowest BCUT2D eigenvalue weighted by Crippen LogP contribution is -2.18. The van der Waals surface area contributed by atoms with Crippen molar-refractivity contribution in [2.45, 2.75) is 6.18 Å². The number of nitrogens with zero attached hydrogens (tertiary/aromatic N) is 1. The van der Waals surface area contributed by atoms with Gasteiger partial charge in [-0.25, -0.2) is 0 Å². The van der Waals surface area contributed by atoms with Crippen molar-refractivity contribution < 1.29 is 22.7 Å². The zero-order chi connectivity index (χ0) is 18.4. The third-order valence-electron chi connectivity index (χ3n) is 3.16. The van der Waals surface area contributed by atoms with Gasteiger partial charge in [-0.05, 0) is 30.3 Å². The molecule has 0 unspecified atom stereocenters. The van der Waals surface area contributed by atoms with E-state index in [1.54, 1.807) is 13.2 Å². The highest BCUT2D eigenvalue weighted by molar-refractivity contribution is 6.30. The molecule has 2 N–H and O–H groups in total. The number of rotatable bonds is 6. The first-order valence-electron chi connectivity index (χ1n) is 7.18. The van der Waals surface area contributed by atoms with Crippen LogP contribution in [0.5, 0.6) is 0 Å². The average molecular weight is 374 g/mol. The molecule has 0 aliphatic rings. The number of nitrogens with one attached hydrogen (secondary N) is 2. The molecule has 9 heteroatoms. The van der Waals surface area contributed by atoms with Crippen LogP contribution >= 0.6 is 11.6 Å². The number of pyridine rings is 1. The summed E-state index contributed by atoms with van der Waals surface area (Å²) in [4.78, 5) is 16.1. The van der Waals surface area contributed by atoms with Gasteiger partial charge < -0.3 is 15.4 Å². The van der Waals surface area contributed by atoms with E-state index in [4.69, 9.17) is 16.3 Å². The molecule has 1 amide bonds. The second-order valence-electron chi connectivity index (χ2n) is 4.99. The third kappa shape index (κ3) is 5.33. The van der Waals surface area contributed by atoms with Gasteiger partial charge in [0.1, 0.15) is 5.69 Å². The summed E-state index contributed by atoms with van der Waals surface area (Å²) >= 11 is 5.61. The number of anilines is 2. The molecule has 0 spiro atoms. The van der Waals surface area contributed by atoms with Crippen molar-refractivity contribution in [3.05, 3.63) is 52.8 Å². The molecule has 2 rings (SSSR count). The molecule has 0 atom stereocenters. The van der Waals surface area contributed by atoms with Crippen molar-refractivity contribution in [2.75, 3.05) is 30.9 Å². The van der Waals surface area contributed by atoms with Gasteiger partial charge in [0.15, 0.2) is 0 Å². The van der Waals surface area contributed by atoms with Gasteiger partial charge in [0, 0.05) is 30.6 Å². The molecule has 5 nitrogen and oxygen atoms in total. The van der Waals surface area contributed by atoms with Crippen LogP contribution in [0.15, 0.2) is 36.5 Å². The molecule has 0 aliphatic carbocycles. The Morgan fingerprint density at radius 3 is 2.72 bits per heavy atom. The monoisotopic (exact) mass is 373 g/mol. The largest absolute Gasteiger partial charge is 0.418 e. The van der Waals surface area contributed by atoms with Crippen LogP contribution in [-0.2, 0) is 10.9 Å².